The zero-order chi connectivity index (χ0) is 19.8. The van der Waals surface area contributed by atoms with E-state index in [1.165, 1.54) is 11.1 Å². The summed E-state index contributed by atoms with van der Waals surface area (Å²) in [6.07, 6.45) is 2.56. The summed E-state index contributed by atoms with van der Waals surface area (Å²) < 4.78 is 11.8. The number of esters is 1. The Kier molecular flexibility index (Phi) is 7.63. The fraction of sp³-hybridized carbons (Fsp3) is 0.458. The maximum atomic E-state index is 11.7. The molecule has 0 amide bonds. The van der Waals surface area contributed by atoms with Crippen LogP contribution in [-0.4, -0.2) is 42.7 Å². The van der Waals surface area contributed by atoms with Crippen molar-refractivity contribution in [1.29, 1.82) is 0 Å². The van der Waals surface area contributed by atoms with Crippen molar-refractivity contribution in [2.24, 2.45) is 0 Å². The molecule has 0 aromatic heterocycles. The molecule has 3 rings (SSSR count). The van der Waals surface area contributed by atoms with Gasteiger partial charge in [0.1, 0.15) is 6.10 Å². The predicted molar refractivity (Wildman–Crippen MR) is 111 cm³/mol. The minimum absolute atomic E-state index is 0.0417. The van der Waals surface area contributed by atoms with Crippen LogP contribution < -0.4 is 0 Å². The van der Waals surface area contributed by atoms with Gasteiger partial charge in [-0.3, -0.25) is 4.79 Å². The molecule has 2 aromatic rings. The maximum Gasteiger partial charge on any atom is 0.307 e. The van der Waals surface area contributed by atoms with Crippen LogP contribution in [0.1, 0.15) is 50.3 Å². The minimum atomic E-state index is -0.110. The lowest BCUT2D eigenvalue weighted by Crippen LogP contribution is -2.38. The van der Waals surface area contributed by atoms with E-state index in [1.54, 1.807) is 0 Å². The third-order valence-electron chi connectivity index (χ3n) is 5.07. The molecule has 0 atom stereocenters. The van der Waals surface area contributed by atoms with E-state index in [2.05, 4.69) is 53.4 Å². The molecule has 4 heteroatoms. The van der Waals surface area contributed by atoms with Crippen molar-refractivity contribution >= 4 is 5.97 Å². The Bertz CT molecular complexity index is 670. The monoisotopic (exact) mass is 381 g/mol. The summed E-state index contributed by atoms with van der Waals surface area (Å²) in [6, 6.07) is 20.9. The average Bonchev–Trinajstić information content (AvgIpc) is 2.72. The fourth-order valence-corrected chi connectivity index (χ4v) is 3.64. The molecule has 1 fully saturated rings. The highest BCUT2D eigenvalue weighted by Crippen LogP contribution is 2.29. The van der Waals surface area contributed by atoms with Crippen molar-refractivity contribution in [2.75, 3.05) is 19.6 Å². The van der Waals surface area contributed by atoms with Gasteiger partial charge in [0.2, 0.25) is 0 Å². The van der Waals surface area contributed by atoms with Gasteiger partial charge in [0.25, 0.3) is 0 Å². The second-order valence-corrected chi connectivity index (χ2v) is 7.67. The molecule has 150 valence electrons. The Balaban J connectivity index is 1.54. The molecule has 28 heavy (non-hydrogen) atoms. The lowest BCUT2D eigenvalue weighted by Gasteiger charge is -2.34. The van der Waals surface area contributed by atoms with Gasteiger partial charge in [-0.1, -0.05) is 60.7 Å². The van der Waals surface area contributed by atoms with Crippen molar-refractivity contribution in [1.82, 2.24) is 4.90 Å². The Morgan fingerprint density at radius 1 is 0.964 bits per heavy atom. The molecular weight excluding hydrogens is 350 g/mol. The third kappa shape index (κ3) is 6.18. The standard InChI is InChI=1S/C24H31NO3/c1-19(2)27-23(26)15-18-25-16-13-22(14-17-25)28-24(20-9-5-3-6-10-20)21-11-7-4-8-12-21/h3-12,19,22,24H,13-18H2,1-2H3. The summed E-state index contributed by atoms with van der Waals surface area (Å²) in [7, 11) is 0. The molecular formula is C24H31NO3. The van der Waals surface area contributed by atoms with Gasteiger partial charge in [-0.25, -0.2) is 0 Å². The van der Waals surface area contributed by atoms with E-state index in [4.69, 9.17) is 9.47 Å². The number of hydrogen-bond acceptors (Lipinski definition) is 4. The van der Waals surface area contributed by atoms with Crippen molar-refractivity contribution < 1.29 is 14.3 Å². The number of carbonyl (C=O) groups is 1. The van der Waals surface area contributed by atoms with Gasteiger partial charge in [-0.15, -0.1) is 0 Å². The summed E-state index contributed by atoms with van der Waals surface area (Å²) in [5.74, 6) is -0.110. The molecule has 1 aliphatic heterocycles. The quantitative estimate of drug-likeness (QED) is 0.627. The summed E-state index contributed by atoms with van der Waals surface area (Å²) in [6.45, 7) is 6.44. The van der Waals surface area contributed by atoms with Crippen LogP contribution in [0.2, 0.25) is 0 Å². The van der Waals surface area contributed by atoms with Crippen molar-refractivity contribution in [2.45, 2.75) is 51.4 Å². The molecule has 0 saturated carbocycles. The van der Waals surface area contributed by atoms with Gasteiger partial charge in [0.05, 0.1) is 18.6 Å². The molecule has 0 spiro atoms. The van der Waals surface area contributed by atoms with Crippen LogP contribution in [-0.2, 0) is 14.3 Å². The number of ether oxygens (including phenoxy) is 2. The van der Waals surface area contributed by atoms with E-state index in [0.29, 0.717) is 6.42 Å². The molecule has 2 aromatic carbocycles. The molecule has 0 unspecified atom stereocenters. The summed E-state index contributed by atoms with van der Waals surface area (Å²) in [5, 5.41) is 0. The Hall–Kier alpha value is -2.17. The van der Waals surface area contributed by atoms with Gasteiger partial charge in [0, 0.05) is 19.6 Å². The van der Waals surface area contributed by atoms with Crippen molar-refractivity contribution in [3.63, 3.8) is 0 Å². The van der Waals surface area contributed by atoms with Gasteiger partial charge >= 0.3 is 5.97 Å². The number of rotatable bonds is 8. The van der Waals surface area contributed by atoms with E-state index in [1.807, 2.05) is 26.0 Å². The number of likely N-dealkylation sites (tertiary alicyclic amines) is 1. The predicted octanol–water partition coefficient (Wildman–Crippen LogP) is 4.60. The van der Waals surface area contributed by atoms with E-state index in [-0.39, 0.29) is 24.3 Å². The second kappa shape index (κ2) is 10.4. The molecule has 0 bridgehead atoms. The van der Waals surface area contributed by atoms with Crippen molar-refractivity contribution in [3.05, 3.63) is 71.8 Å². The van der Waals surface area contributed by atoms with Crippen molar-refractivity contribution in [3.8, 4) is 0 Å². The lowest BCUT2D eigenvalue weighted by molar-refractivity contribution is -0.147. The van der Waals surface area contributed by atoms with Gasteiger partial charge in [0.15, 0.2) is 0 Å². The van der Waals surface area contributed by atoms with E-state index >= 15 is 0 Å². The van der Waals surface area contributed by atoms with Crippen LogP contribution in [0.4, 0.5) is 0 Å². The number of carbonyl (C=O) groups excluding carboxylic acids is 1. The number of piperidine rings is 1. The normalized spacial score (nSPS) is 15.9. The highest BCUT2D eigenvalue weighted by Gasteiger charge is 2.25. The van der Waals surface area contributed by atoms with Crippen LogP contribution >= 0.6 is 0 Å². The van der Waals surface area contributed by atoms with Gasteiger partial charge in [-0.05, 0) is 37.8 Å². The molecule has 0 radical (unpaired) electrons. The van der Waals surface area contributed by atoms with Crippen LogP contribution in [0.5, 0.6) is 0 Å². The van der Waals surface area contributed by atoms with Crippen LogP contribution in [0.25, 0.3) is 0 Å². The largest absolute Gasteiger partial charge is 0.463 e. The maximum absolute atomic E-state index is 11.7. The Morgan fingerprint density at radius 3 is 2.00 bits per heavy atom. The second-order valence-electron chi connectivity index (χ2n) is 7.67. The topological polar surface area (TPSA) is 38.8 Å². The van der Waals surface area contributed by atoms with Gasteiger partial charge < -0.3 is 14.4 Å². The summed E-state index contributed by atoms with van der Waals surface area (Å²) in [5.41, 5.74) is 2.38. The van der Waals surface area contributed by atoms with E-state index in [0.717, 1.165) is 32.5 Å². The SMILES string of the molecule is CC(C)OC(=O)CCN1CCC(OC(c2ccccc2)c2ccccc2)CC1. The molecule has 1 heterocycles. The molecule has 1 aliphatic rings. The number of nitrogens with zero attached hydrogens (tertiary/aromatic N) is 1. The Morgan fingerprint density at radius 2 is 1.50 bits per heavy atom. The number of benzene rings is 2. The first-order valence-corrected chi connectivity index (χ1v) is 10.3. The summed E-state index contributed by atoms with van der Waals surface area (Å²) >= 11 is 0. The van der Waals surface area contributed by atoms with Crippen LogP contribution in [0.3, 0.4) is 0 Å². The highest BCUT2D eigenvalue weighted by molar-refractivity contribution is 5.69. The molecule has 0 aliphatic carbocycles. The van der Waals surface area contributed by atoms with E-state index < -0.39 is 0 Å². The lowest BCUT2D eigenvalue weighted by atomic mass is 10.00. The summed E-state index contributed by atoms with van der Waals surface area (Å²) in [4.78, 5) is 14.1. The smallest absolute Gasteiger partial charge is 0.307 e. The fourth-order valence-electron chi connectivity index (χ4n) is 3.64. The van der Waals surface area contributed by atoms with Gasteiger partial charge in [-0.2, -0.15) is 0 Å². The molecule has 4 nitrogen and oxygen atoms in total. The minimum Gasteiger partial charge on any atom is -0.463 e. The zero-order valence-electron chi connectivity index (χ0n) is 16.9. The first kappa shape index (κ1) is 20.6. The first-order valence-electron chi connectivity index (χ1n) is 10.3. The molecule has 1 saturated heterocycles. The first-order chi connectivity index (χ1) is 13.6. The zero-order valence-corrected chi connectivity index (χ0v) is 16.9. The number of hydrogen-bond donors (Lipinski definition) is 0. The van der Waals surface area contributed by atoms with Crippen LogP contribution in [0.15, 0.2) is 60.7 Å². The van der Waals surface area contributed by atoms with E-state index in [9.17, 15) is 4.79 Å². The van der Waals surface area contributed by atoms with Crippen LogP contribution in [0, 0.1) is 0 Å². The molecule has 0 N–H and O–H groups in total. The highest BCUT2D eigenvalue weighted by atomic mass is 16.5. The average molecular weight is 382 g/mol. The Labute approximate surface area is 168 Å². The third-order valence-corrected chi connectivity index (χ3v) is 5.07.